The van der Waals surface area contributed by atoms with Crippen LogP contribution in [0.4, 0.5) is 0 Å². The van der Waals surface area contributed by atoms with Gasteiger partial charge in [-0.2, -0.15) is 5.10 Å². The van der Waals surface area contributed by atoms with Crippen LogP contribution in [0.3, 0.4) is 0 Å². The van der Waals surface area contributed by atoms with Crippen molar-refractivity contribution in [2.24, 2.45) is 0 Å². The third kappa shape index (κ3) is 2.66. The molecule has 0 aromatic carbocycles. The van der Waals surface area contributed by atoms with E-state index < -0.39 is 0 Å². The summed E-state index contributed by atoms with van der Waals surface area (Å²) in [4.78, 5) is 4.18. The van der Waals surface area contributed by atoms with E-state index in [0.717, 1.165) is 15.8 Å². The largest absolute Gasteiger partial charge is 0.310 e. The molecule has 0 saturated heterocycles. The van der Waals surface area contributed by atoms with Crippen LogP contribution in [-0.4, -0.2) is 20.8 Å². The van der Waals surface area contributed by atoms with Crippen molar-refractivity contribution >= 4 is 22.6 Å². The molecule has 0 atom stereocenters. The Hall–Kier alpha value is -0.950. The fraction of sp³-hybridized carbons (Fsp3) is 0.333. The molecule has 3 rings (SSSR count). The van der Waals surface area contributed by atoms with Gasteiger partial charge in [-0.25, -0.2) is 4.68 Å². The normalized spacial score (nSPS) is 15.1. The Bertz CT molecular complexity index is 519. The second-order valence-corrected chi connectivity index (χ2v) is 5.51. The van der Waals surface area contributed by atoms with Gasteiger partial charge >= 0.3 is 0 Å². The zero-order valence-corrected chi connectivity index (χ0v) is 11.5. The molecule has 0 bridgehead atoms. The van der Waals surface area contributed by atoms with Crippen molar-refractivity contribution in [1.82, 2.24) is 20.1 Å². The van der Waals surface area contributed by atoms with Crippen molar-refractivity contribution in [2.75, 3.05) is 0 Å². The third-order valence-corrected chi connectivity index (χ3v) is 3.40. The first-order valence-electron chi connectivity index (χ1n) is 5.70. The van der Waals surface area contributed by atoms with E-state index in [1.54, 1.807) is 0 Å². The highest BCUT2D eigenvalue weighted by molar-refractivity contribution is 14.1. The maximum absolute atomic E-state index is 4.33. The molecule has 2 aromatic rings. The molecule has 0 aliphatic heterocycles. The van der Waals surface area contributed by atoms with Crippen LogP contribution >= 0.6 is 22.6 Å². The van der Waals surface area contributed by atoms with E-state index in [2.05, 4.69) is 44.1 Å². The van der Waals surface area contributed by atoms with E-state index >= 15 is 0 Å². The minimum Gasteiger partial charge on any atom is -0.310 e. The Labute approximate surface area is 114 Å². The Morgan fingerprint density at radius 3 is 3.00 bits per heavy atom. The molecule has 2 aromatic heterocycles. The van der Waals surface area contributed by atoms with Crippen molar-refractivity contribution in [3.8, 4) is 5.69 Å². The number of hydrogen-bond donors (Lipinski definition) is 1. The summed E-state index contributed by atoms with van der Waals surface area (Å²) in [6, 6.07) is 2.77. The van der Waals surface area contributed by atoms with E-state index in [4.69, 9.17) is 0 Å². The van der Waals surface area contributed by atoms with Gasteiger partial charge in [-0.3, -0.25) is 4.98 Å². The van der Waals surface area contributed by atoms with Crippen LogP contribution < -0.4 is 5.32 Å². The molecular weight excluding hydrogens is 327 g/mol. The molecule has 2 heterocycles. The van der Waals surface area contributed by atoms with Gasteiger partial charge in [0.15, 0.2) is 0 Å². The fourth-order valence-electron chi connectivity index (χ4n) is 1.75. The third-order valence-electron chi connectivity index (χ3n) is 2.84. The SMILES string of the molecule is Ic1cnn(-c2cnccc2CNC2CC2)c1. The first kappa shape index (κ1) is 11.2. The average Bonchev–Trinajstić information content (AvgIpc) is 3.08. The molecule has 0 radical (unpaired) electrons. The van der Waals surface area contributed by atoms with Gasteiger partial charge in [0.05, 0.1) is 21.7 Å². The predicted octanol–water partition coefficient (Wildman–Crippen LogP) is 2.12. The second-order valence-electron chi connectivity index (χ2n) is 4.26. The van der Waals surface area contributed by atoms with Gasteiger partial charge < -0.3 is 5.32 Å². The van der Waals surface area contributed by atoms with Gasteiger partial charge in [0.2, 0.25) is 0 Å². The molecule has 0 spiro atoms. The zero-order chi connectivity index (χ0) is 11.7. The molecular formula is C12H13IN4. The monoisotopic (exact) mass is 340 g/mol. The zero-order valence-electron chi connectivity index (χ0n) is 9.31. The molecule has 17 heavy (non-hydrogen) atoms. The number of rotatable bonds is 4. The summed E-state index contributed by atoms with van der Waals surface area (Å²) in [5.41, 5.74) is 2.30. The summed E-state index contributed by atoms with van der Waals surface area (Å²) in [6.45, 7) is 0.888. The summed E-state index contributed by atoms with van der Waals surface area (Å²) in [6.07, 6.45) is 10.2. The lowest BCUT2D eigenvalue weighted by atomic mass is 10.2. The van der Waals surface area contributed by atoms with Crippen LogP contribution in [0.2, 0.25) is 0 Å². The van der Waals surface area contributed by atoms with Crippen molar-refractivity contribution in [2.45, 2.75) is 25.4 Å². The summed E-state index contributed by atoms with van der Waals surface area (Å²) in [5, 5.41) is 7.85. The maximum Gasteiger partial charge on any atom is 0.0874 e. The van der Waals surface area contributed by atoms with Gasteiger partial charge in [-0.1, -0.05) is 0 Å². The van der Waals surface area contributed by atoms with E-state index in [1.165, 1.54) is 18.4 Å². The number of hydrogen-bond acceptors (Lipinski definition) is 3. The molecule has 88 valence electrons. The number of halogens is 1. The summed E-state index contributed by atoms with van der Waals surface area (Å²) in [7, 11) is 0. The first-order chi connectivity index (χ1) is 8.33. The second kappa shape index (κ2) is 4.73. The van der Waals surface area contributed by atoms with E-state index in [1.807, 2.05) is 29.5 Å². The molecule has 1 aliphatic carbocycles. The smallest absolute Gasteiger partial charge is 0.0874 e. The van der Waals surface area contributed by atoms with Gasteiger partial charge in [0, 0.05) is 25.0 Å². The topological polar surface area (TPSA) is 42.7 Å². The lowest BCUT2D eigenvalue weighted by molar-refractivity contribution is 0.680. The lowest BCUT2D eigenvalue weighted by Crippen LogP contribution is -2.17. The van der Waals surface area contributed by atoms with Crippen LogP contribution in [-0.2, 0) is 6.54 Å². The van der Waals surface area contributed by atoms with Crippen LogP contribution in [0.25, 0.3) is 5.69 Å². The van der Waals surface area contributed by atoms with Crippen molar-refractivity contribution < 1.29 is 0 Å². The molecule has 5 heteroatoms. The highest BCUT2D eigenvalue weighted by Gasteiger charge is 2.20. The fourth-order valence-corrected chi connectivity index (χ4v) is 2.13. The highest BCUT2D eigenvalue weighted by Crippen LogP contribution is 2.20. The van der Waals surface area contributed by atoms with Crippen molar-refractivity contribution in [3.05, 3.63) is 40.0 Å². The van der Waals surface area contributed by atoms with Crippen LogP contribution in [0, 0.1) is 3.57 Å². The first-order valence-corrected chi connectivity index (χ1v) is 6.77. The van der Waals surface area contributed by atoms with Crippen LogP contribution in [0.5, 0.6) is 0 Å². The molecule has 0 amide bonds. The van der Waals surface area contributed by atoms with E-state index in [0.29, 0.717) is 6.04 Å². The molecule has 1 saturated carbocycles. The van der Waals surface area contributed by atoms with Crippen molar-refractivity contribution in [1.29, 1.82) is 0 Å². The molecule has 4 nitrogen and oxygen atoms in total. The molecule has 1 N–H and O–H groups in total. The number of nitrogens with zero attached hydrogens (tertiary/aromatic N) is 3. The summed E-state index contributed by atoms with van der Waals surface area (Å²) >= 11 is 2.26. The Kier molecular flexibility index (Phi) is 3.11. The quantitative estimate of drug-likeness (QED) is 0.867. The van der Waals surface area contributed by atoms with Crippen LogP contribution in [0.15, 0.2) is 30.9 Å². The van der Waals surface area contributed by atoms with Gasteiger partial charge in [0.25, 0.3) is 0 Å². The molecule has 0 unspecified atom stereocenters. The number of pyridine rings is 1. The minimum atomic E-state index is 0.716. The summed E-state index contributed by atoms with van der Waals surface area (Å²) < 4.78 is 3.02. The van der Waals surface area contributed by atoms with Crippen molar-refractivity contribution in [3.63, 3.8) is 0 Å². The van der Waals surface area contributed by atoms with E-state index in [-0.39, 0.29) is 0 Å². The lowest BCUT2D eigenvalue weighted by Gasteiger charge is -2.09. The van der Waals surface area contributed by atoms with Gasteiger partial charge in [-0.05, 0) is 47.1 Å². The van der Waals surface area contributed by atoms with E-state index in [9.17, 15) is 0 Å². The molecule has 1 fully saturated rings. The maximum atomic E-state index is 4.33. The van der Waals surface area contributed by atoms with Gasteiger partial charge in [-0.15, -0.1) is 0 Å². The van der Waals surface area contributed by atoms with Crippen LogP contribution in [0.1, 0.15) is 18.4 Å². The summed E-state index contributed by atoms with van der Waals surface area (Å²) in [5.74, 6) is 0. The number of aromatic nitrogens is 3. The number of nitrogens with one attached hydrogen (secondary N) is 1. The average molecular weight is 340 g/mol. The Morgan fingerprint density at radius 1 is 1.41 bits per heavy atom. The van der Waals surface area contributed by atoms with Gasteiger partial charge in [0.1, 0.15) is 0 Å². The Balaban J connectivity index is 1.86. The highest BCUT2D eigenvalue weighted by atomic mass is 127. The predicted molar refractivity (Wildman–Crippen MR) is 73.9 cm³/mol. The molecule has 1 aliphatic rings. The Morgan fingerprint density at radius 2 is 2.29 bits per heavy atom. The minimum absolute atomic E-state index is 0.716. The standard InChI is InChI=1S/C12H13IN4/c13-10-6-16-17(8-10)12-7-14-4-3-9(12)5-15-11-1-2-11/h3-4,6-8,11,15H,1-2,5H2.